The van der Waals surface area contributed by atoms with E-state index >= 15 is 0 Å². The summed E-state index contributed by atoms with van der Waals surface area (Å²) in [7, 11) is -3.42. The van der Waals surface area contributed by atoms with E-state index in [0.29, 0.717) is 24.7 Å². The van der Waals surface area contributed by atoms with E-state index in [-0.39, 0.29) is 18.2 Å². The normalized spacial score (nSPS) is 29.4. The summed E-state index contributed by atoms with van der Waals surface area (Å²) in [4.78, 5) is 0.368. The summed E-state index contributed by atoms with van der Waals surface area (Å²) in [6.45, 7) is 3.79. The number of hydrogen-bond acceptors (Lipinski definition) is 4. The van der Waals surface area contributed by atoms with Crippen LogP contribution in [0.4, 0.5) is 0 Å². The minimum atomic E-state index is -3.42. The fraction of sp³-hybridized carbons (Fsp3) is 0.625. The maximum atomic E-state index is 12.8. The van der Waals surface area contributed by atoms with Crippen LogP contribution in [0.15, 0.2) is 35.2 Å². The van der Waals surface area contributed by atoms with Crippen molar-refractivity contribution in [2.24, 2.45) is 0 Å². The first kappa shape index (κ1) is 15.9. The highest BCUT2D eigenvalue weighted by Gasteiger charge is 2.45. The molecule has 3 atom stereocenters. The third kappa shape index (κ3) is 3.06. The van der Waals surface area contributed by atoms with Gasteiger partial charge in [0.05, 0.1) is 29.8 Å². The zero-order valence-electron chi connectivity index (χ0n) is 12.8. The molecule has 22 heavy (non-hydrogen) atoms. The van der Waals surface area contributed by atoms with Crippen LogP contribution in [0, 0.1) is 0 Å². The van der Waals surface area contributed by atoms with Crippen molar-refractivity contribution >= 4 is 10.0 Å². The molecule has 122 valence electrons. The van der Waals surface area contributed by atoms with Gasteiger partial charge in [-0.3, -0.25) is 0 Å². The van der Waals surface area contributed by atoms with Crippen molar-refractivity contribution < 1.29 is 17.9 Å². The summed E-state index contributed by atoms with van der Waals surface area (Å²) in [5.74, 6) is 0. The van der Waals surface area contributed by atoms with E-state index in [9.17, 15) is 8.42 Å². The minimum absolute atomic E-state index is 0.00214. The number of ether oxygens (including phenoxy) is 2. The van der Waals surface area contributed by atoms with E-state index in [2.05, 4.69) is 0 Å². The Morgan fingerprint density at radius 2 is 2.00 bits per heavy atom. The van der Waals surface area contributed by atoms with Crippen molar-refractivity contribution in [1.82, 2.24) is 4.31 Å². The summed E-state index contributed by atoms with van der Waals surface area (Å²) in [6, 6.07) is 8.62. The first-order valence-corrected chi connectivity index (χ1v) is 9.37. The van der Waals surface area contributed by atoms with Gasteiger partial charge in [0.1, 0.15) is 0 Å². The molecule has 0 amide bonds. The van der Waals surface area contributed by atoms with Gasteiger partial charge in [-0.25, -0.2) is 8.42 Å². The maximum Gasteiger partial charge on any atom is 0.243 e. The fourth-order valence-corrected chi connectivity index (χ4v) is 5.07. The molecular weight excluding hydrogens is 302 g/mol. The first-order valence-electron chi connectivity index (χ1n) is 7.93. The lowest BCUT2D eigenvalue weighted by atomic mass is 10.0. The van der Waals surface area contributed by atoms with Crippen molar-refractivity contribution in [1.29, 1.82) is 0 Å². The second kappa shape index (κ2) is 6.66. The SMILES string of the molecule is CCOC[C@H]1CC[C@H]2[C@H](CCN2S(=O)(=O)c2ccccc2)O1. The number of hydrogen-bond donors (Lipinski definition) is 0. The van der Waals surface area contributed by atoms with Gasteiger partial charge in [-0.05, 0) is 38.3 Å². The molecule has 0 aliphatic carbocycles. The van der Waals surface area contributed by atoms with Crippen molar-refractivity contribution in [3.8, 4) is 0 Å². The highest BCUT2D eigenvalue weighted by Crippen LogP contribution is 2.35. The largest absolute Gasteiger partial charge is 0.379 e. The van der Waals surface area contributed by atoms with Crippen molar-refractivity contribution in [3.63, 3.8) is 0 Å². The van der Waals surface area contributed by atoms with Crippen LogP contribution in [0.1, 0.15) is 26.2 Å². The molecular formula is C16H23NO4S. The van der Waals surface area contributed by atoms with E-state index in [1.165, 1.54) is 0 Å². The van der Waals surface area contributed by atoms with E-state index in [1.54, 1.807) is 28.6 Å². The van der Waals surface area contributed by atoms with E-state index < -0.39 is 10.0 Å². The van der Waals surface area contributed by atoms with Crippen molar-refractivity contribution in [3.05, 3.63) is 30.3 Å². The number of benzene rings is 1. The summed E-state index contributed by atoms with van der Waals surface area (Å²) in [5.41, 5.74) is 0. The van der Waals surface area contributed by atoms with Gasteiger partial charge in [0.25, 0.3) is 0 Å². The smallest absolute Gasteiger partial charge is 0.243 e. The summed E-state index contributed by atoms with van der Waals surface area (Å²) >= 11 is 0. The Kier molecular flexibility index (Phi) is 4.82. The van der Waals surface area contributed by atoms with E-state index in [1.807, 2.05) is 13.0 Å². The molecule has 0 N–H and O–H groups in total. The van der Waals surface area contributed by atoms with Crippen LogP contribution in [0.2, 0.25) is 0 Å². The Morgan fingerprint density at radius 1 is 1.23 bits per heavy atom. The average molecular weight is 325 g/mol. The molecule has 2 saturated heterocycles. The topological polar surface area (TPSA) is 55.8 Å². The van der Waals surface area contributed by atoms with Crippen LogP contribution in [0.25, 0.3) is 0 Å². The van der Waals surface area contributed by atoms with Crippen LogP contribution >= 0.6 is 0 Å². The van der Waals surface area contributed by atoms with Gasteiger partial charge >= 0.3 is 0 Å². The van der Waals surface area contributed by atoms with E-state index in [4.69, 9.17) is 9.47 Å². The Labute approximate surface area is 132 Å². The van der Waals surface area contributed by atoms with Gasteiger partial charge in [-0.2, -0.15) is 4.31 Å². The lowest BCUT2D eigenvalue weighted by Crippen LogP contribution is -2.45. The Hall–Kier alpha value is -0.950. The van der Waals surface area contributed by atoms with Crippen LogP contribution in [-0.4, -0.2) is 50.7 Å². The quantitative estimate of drug-likeness (QED) is 0.831. The predicted octanol–water partition coefficient (Wildman–Crippen LogP) is 2.03. The van der Waals surface area contributed by atoms with Gasteiger partial charge in [-0.1, -0.05) is 18.2 Å². The van der Waals surface area contributed by atoms with Crippen molar-refractivity contribution in [2.75, 3.05) is 19.8 Å². The van der Waals surface area contributed by atoms with E-state index in [0.717, 1.165) is 19.3 Å². The number of fused-ring (bicyclic) bond motifs is 1. The monoisotopic (exact) mass is 325 g/mol. The first-order chi connectivity index (χ1) is 10.6. The van der Waals surface area contributed by atoms with Gasteiger partial charge in [-0.15, -0.1) is 0 Å². The Morgan fingerprint density at radius 3 is 2.73 bits per heavy atom. The molecule has 2 fully saturated rings. The number of rotatable bonds is 5. The van der Waals surface area contributed by atoms with Crippen LogP contribution in [0.5, 0.6) is 0 Å². The van der Waals surface area contributed by atoms with Gasteiger partial charge in [0, 0.05) is 13.2 Å². The second-order valence-electron chi connectivity index (χ2n) is 5.82. The highest BCUT2D eigenvalue weighted by molar-refractivity contribution is 7.89. The number of nitrogens with zero attached hydrogens (tertiary/aromatic N) is 1. The second-order valence-corrected chi connectivity index (χ2v) is 7.71. The highest BCUT2D eigenvalue weighted by atomic mass is 32.2. The zero-order chi connectivity index (χ0) is 15.6. The fourth-order valence-electron chi connectivity index (χ4n) is 3.36. The summed E-state index contributed by atoms with van der Waals surface area (Å²) < 4.78 is 38.7. The third-order valence-corrected chi connectivity index (χ3v) is 6.38. The molecule has 0 bridgehead atoms. The minimum Gasteiger partial charge on any atom is -0.379 e. The third-order valence-electron chi connectivity index (χ3n) is 4.44. The molecule has 0 saturated carbocycles. The molecule has 0 spiro atoms. The lowest BCUT2D eigenvalue weighted by Gasteiger charge is -2.35. The summed E-state index contributed by atoms with van der Waals surface area (Å²) in [5, 5.41) is 0. The molecule has 2 aliphatic heterocycles. The van der Waals surface area contributed by atoms with Gasteiger partial charge in [0.2, 0.25) is 10.0 Å². The van der Waals surface area contributed by atoms with Crippen LogP contribution in [-0.2, 0) is 19.5 Å². The molecule has 2 heterocycles. The van der Waals surface area contributed by atoms with Gasteiger partial charge < -0.3 is 9.47 Å². The lowest BCUT2D eigenvalue weighted by molar-refractivity contribution is -0.0923. The number of sulfonamides is 1. The Bertz CT molecular complexity index is 589. The van der Waals surface area contributed by atoms with Crippen molar-refractivity contribution in [2.45, 2.75) is 49.3 Å². The average Bonchev–Trinajstić information content (AvgIpc) is 2.97. The molecule has 6 heteroatoms. The molecule has 5 nitrogen and oxygen atoms in total. The predicted molar refractivity (Wildman–Crippen MR) is 83.1 cm³/mol. The molecule has 3 rings (SSSR count). The molecule has 0 aromatic heterocycles. The Balaban J connectivity index is 1.71. The standard InChI is InChI=1S/C16H23NO4S/c1-2-20-12-13-8-9-15-16(21-13)10-11-17(15)22(18,19)14-6-4-3-5-7-14/h3-7,13,15-16H,2,8-12H2,1H3/t13-,15+,16+/m1/s1. The molecule has 1 aromatic carbocycles. The molecule has 0 unspecified atom stereocenters. The van der Waals surface area contributed by atoms with Crippen LogP contribution in [0.3, 0.4) is 0 Å². The zero-order valence-corrected chi connectivity index (χ0v) is 13.7. The van der Waals surface area contributed by atoms with Gasteiger partial charge in [0.15, 0.2) is 0 Å². The molecule has 1 aromatic rings. The van der Waals surface area contributed by atoms with Crippen LogP contribution < -0.4 is 0 Å². The maximum absolute atomic E-state index is 12.8. The molecule has 0 radical (unpaired) electrons. The molecule has 2 aliphatic rings. The summed E-state index contributed by atoms with van der Waals surface area (Å²) in [6.07, 6.45) is 2.55.